The molecule has 238 valence electrons. The van der Waals surface area contributed by atoms with Crippen LogP contribution in [-0.4, -0.2) is 83.3 Å². The molecule has 2 fully saturated rings. The number of benzene rings is 1. The predicted octanol–water partition coefficient (Wildman–Crippen LogP) is 3.66. The van der Waals surface area contributed by atoms with E-state index in [9.17, 15) is 19.5 Å². The van der Waals surface area contributed by atoms with Crippen LogP contribution in [0.5, 0.6) is 0 Å². The zero-order valence-corrected chi connectivity index (χ0v) is 27.6. The van der Waals surface area contributed by atoms with E-state index < -0.39 is 59.5 Å². The first kappa shape index (κ1) is 32.7. The second-order valence-electron chi connectivity index (χ2n) is 12.1. The van der Waals surface area contributed by atoms with Crippen LogP contribution in [-0.2, 0) is 28.7 Å². The van der Waals surface area contributed by atoms with Gasteiger partial charge >= 0.3 is 5.97 Å². The quantitative estimate of drug-likeness (QED) is 0.357. The molecular weight excluding hydrogens is 654 g/mol. The summed E-state index contributed by atoms with van der Waals surface area (Å²) >= 11 is 10.3. The van der Waals surface area contributed by atoms with Gasteiger partial charge in [0, 0.05) is 17.4 Å². The van der Waals surface area contributed by atoms with E-state index in [1.807, 2.05) is 32.9 Å². The highest BCUT2D eigenvalue weighted by atomic mass is 79.9. The molecule has 0 aromatic heterocycles. The van der Waals surface area contributed by atoms with E-state index >= 15 is 4.79 Å². The summed E-state index contributed by atoms with van der Waals surface area (Å²) in [6.07, 6.45) is 5.15. The average molecular weight is 693 g/mol. The van der Waals surface area contributed by atoms with Crippen molar-refractivity contribution in [3.8, 4) is 0 Å². The second-order valence-corrected chi connectivity index (χ2v) is 13.4. The van der Waals surface area contributed by atoms with Gasteiger partial charge in [0.05, 0.1) is 35.8 Å². The van der Waals surface area contributed by atoms with Crippen molar-refractivity contribution in [1.29, 1.82) is 0 Å². The Morgan fingerprint density at radius 3 is 2.64 bits per heavy atom. The van der Waals surface area contributed by atoms with E-state index in [4.69, 9.17) is 21.1 Å². The molecule has 1 spiro atoms. The number of fused-ring (bicyclic) bond motifs is 2. The number of halogens is 2. The minimum absolute atomic E-state index is 0.105. The number of aliphatic hydroxyl groups is 1. The van der Waals surface area contributed by atoms with Crippen LogP contribution in [0, 0.1) is 24.7 Å². The van der Waals surface area contributed by atoms with Gasteiger partial charge in [-0.1, -0.05) is 72.1 Å². The summed E-state index contributed by atoms with van der Waals surface area (Å²) in [4.78, 5) is 58.8. The average Bonchev–Trinajstić information content (AvgIpc) is 3.57. The van der Waals surface area contributed by atoms with Crippen LogP contribution >= 0.6 is 27.5 Å². The molecule has 44 heavy (non-hydrogen) atoms. The van der Waals surface area contributed by atoms with Crippen LogP contribution in [0.2, 0.25) is 5.02 Å². The standard InChI is InChI=1S/C32H39BrClN3O7/c1-5-17(2)22(16-38)37-28-30(41)36(26-18(3)10-9-11-21(26)34)13-8-6-7-12-23(39)35-15-19(4)43-31(42)24-25(29(37)40)32(28)14-20(33)27(24)44-32/h6,8-11,14,17,19,22,24-25,27-28,38H,5,7,12-13,15-16H2,1-4H3,(H,35,39)/b8-6-/t17-,19-,22-,24+,25-,27+,28+,32-/m0/s1. The number of carbonyl (C=O) groups is 4. The van der Waals surface area contributed by atoms with E-state index in [-0.39, 0.29) is 37.9 Å². The number of aliphatic hydroxyl groups excluding tert-OH is 1. The number of allylic oxidation sites excluding steroid dienone is 1. The molecule has 1 aromatic rings. The predicted molar refractivity (Wildman–Crippen MR) is 168 cm³/mol. The Bertz CT molecular complexity index is 1380. The molecule has 4 aliphatic rings. The van der Waals surface area contributed by atoms with E-state index in [0.717, 1.165) is 5.56 Å². The fraction of sp³-hybridized carbons (Fsp3) is 0.562. The number of esters is 1. The molecular formula is C32H39BrClN3O7. The number of nitrogens with zero attached hydrogens (tertiary/aromatic N) is 2. The first-order chi connectivity index (χ1) is 21.0. The SMILES string of the molecule is CC[C@H](C)[C@H](CO)N1C(=O)[C@@H]2[C@H]3C(=O)O[C@@H](C)CNC(=O)CC/C=C\CN(c4c(C)cccc4Cl)C(=O)[C@@H]1[C@]21C=C(Br)[C@H]3O1. The maximum Gasteiger partial charge on any atom is 0.313 e. The lowest BCUT2D eigenvalue weighted by Crippen LogP contribution is -2.59. The summed E-state index contributed by atoms with van der Waals surface area (Å²) < 4.78 is 12.9. The summed E-state index contributed by atoms with van der Waals surface area (Å²) in [5.74, 6) is -4.01. The molecule has 4 heterocycles. The maximum absolute atomic E-state index is 15.1. The monoisotopic (exact) mass is 691 g/mol. The molecule has 0 aliphatic carbocycles. The van der Waals surface area contributed by atoms with E-state index in [1.165, 1.54) is 9.80 Å². The number of carbonyl (C=O) groups excluding carboxylic acids is 4. The molecule has 2 saturated heterocycles. The van der Waals surface area contributed by atoms with Gasteiger partial charge in [-0.2, -0.15) is 0 Å². The lowest BCUT2D eigenvalue weighted by atomic mass is 9.74. The summed E-state index contributed by atoms with van der Waals surface area (Å²) in [5, 5.41) is 13.8. The number of aryl methyl sites for hydroxylation is 1. The van der Waals surface area contributed by atoms with Crippen LogP contribution in [0.1, 0.15) is 45.6 Å². The molecule has 3 amide bonds. The Balaban J connectivity index is 1.70. The third kappa shape index (κ3) is 5.50. The smallest absolute Gasteiger partial charge is 0.313 e. The first-order valence-electron chi connectivity index (χ1n) is 15.1. The van der Waals surface area contributed by atoms with Crippen molar-refractivity contribution in [1.82, 2.24) is 10.2 Å². The number of rotatable bonds is 5. The summed E-state index contributed by atoms with van der Waals surface area (Å²) in [6.45, 7) is 7.24. The minimum atomic E-state index is -1.50. The zero-order chi connectivity index (χ0) is 31.9. The van der Waals surface area contributed by atoms with Crippen molar-refractivity contribution >= 4 is 56.9 Å². The second kappa shape index (κ2) is 12.9. The number of cyclic esters (lactones) is 1. The van der Waals surface area contributed by atoms with Gasteiger partial charge < -0.3 is 29.7 Å². The van der Waals surface area contributed by atoms with Gasteiger partial charge in [-0.3, -0.25) is 19.2 Å². The van der Waals surface area contributed by atoms with Crippen LogP contribution in [0.4, 0.5) is 5.69 Å². The number of likely N-dealkylation sites (tertiary alicyclic amines) is 1. The fourth-order valence-electron chi connectivity index (χ4n) is 6.96. The number of hydrogen-bond acceptors (Lipinski definition) is 7. The topological polar surface area (TPSA) is 125 Å². The minimum Gasteiger partial charge on any atom is -0.460 e. The normalized spacial score (nSPS) is 33.1. The highest BCUT2D eigenvalue weighted by Crippen LogP contribution is 2.59. The summed E-state index contributed by atoms with van der Waals surface area (Å²) in [7, 11) is 0. The molecule has 8 atom stereocenters. The molecule has 2 N–H and O–H groups in total. The Kier molecular flexibility index (Phi) is 9.61. The Labute approximate surface area is 270 Å². The number of anilines is 1. The number of hydrogen-bond donors (Lipinski definition) is 2. The van der Waals surface area contributed by atoms with Crippen molar-refractivity contribution in [3.63, 3.8) is 0 Å². The van der Waals surface area contributed by atoms with Gasteiger partial charge in [0.1, 0.15) is 29.8 Å². The largest absolute Gasteiger partial charge is 0.460 e. The molecule has 0 unspecified atom stereocenters. The highest BCUT2D eigenvalue weighted by molar-refractivity contribution is 9.11. The molecule has 0 saturated carbocycles. The van der Waals surface area contributed by atoms with Crippen molar-refractivity contribution < 1.29 is 33.8 Å². The zero-order valence-electron chi connectivity index (χ0n) is 25.3. The van der Waals surface area contributed by atoms with Gasteiger partial charge in [-0.25, -0.2) is 0 Å². The van der Waals surface area contributed by atoms with Crippen LogP contribution in [0.25, 0.3) is 0 Å². The Morgan fingerprint density at radius 2 is 1.95 bits per heavy atom. The molecule has 1 aromatic carbocycles. The molecule has 12 heteroatoms. The Morgan fingerprint density at radius 1 is 1.20 bits per heavy atom. The van der Waals surface area contributed by atoms with Crippen molar-refractivity contribution in [2.75, 3.05) is 24.6 Å². The Hall–Kier alpha value is -2.73. The van der Waals surface area contributed by atoms with Crippen molar-refractivity contribution in [3.05, 3.63) is 51.5 Å². The molecule has 0 radical (unpaired) electrons. The molecule has 5 bridgehead atoms. The number of ether oxygens (including phenoxy) is 2. The van der Waals surface area contributed by atoms with E-state index in [0.29, 0.717) is 28.0 Å². The van der Waals surface area contributed by atoms with E-state index in [2.05, 4.69) is 21.2 Å². The van der Waals surface area contributed by atoms with Crippen LogP contribution in [0.3, 0.4) is 0 Å². The van der Waals surface area contributed by atoms with Crippen molar-refractivity contribution in [2.24, 2.45) is 17.8 Å². The van der Waals surface area contributed by atoms with Gasteiger partial charge in [-0.15, -0.1) is 0 Å². The number of nitrogens with one attached hydrogen (secondary N) is 1. The van der Waals surface area contributed by atoms with E-state index in [1.54, 1.807) is 31.2 Å². The highest BCUT2D eigenvalue weighted by Gasteiger charge is 2.75. The molecule has 4 aliphatic heterocycles. The van der Waals surface area contributed by atoms with Crippen LogP contribution in [0.15, 0.2) is 40.9 Å². The summed E-state index contributed by atoms with van der Waals surface area (Å²) in [6, 6.07) is 3.42. The summed E-state index contributed by atoms with van der Waals surface area (Å²) in [5.41, 5.74) is -0.264. The van der Waals surface area contributed by atoms with Gasteiger partial charge in [-0.05, 0) is 43.9 Å². The van der Waals surface area contributed by atoms with Gasteiger partial charge in [0.2, 0.25) is 11.8 Å². The maximum atomic E-state index is 15.1. The third-order valence-corrected chi connectivity index (χ3v) is 10.3. The molecule has 10 nitrogen and oxygen atoms in total. The molecule has 5 rings (SSSR count). The number of para-hydroxylation sites is 1. The third-order valence-electron chi connectivity index (χ3n) is 9.34. The van der Waals surface area contributed by atoms with Gasteiger partial charge in [0.15, 0.2) is 0 Å². The fourth-order valence-corrected chi connectivity index (χ4v) is 8.02. The lowest BCUT2D eigenvalue weighted by Gasteiger charge is -2.40. The van der Waals surface area contributed by atoms with Crippen LogP contribution < -0.4 is 10.2 Å². The van der Waals surface area contributed by atoms with Gasteiger partial charge in [0.25, 0.3) is 5.91 Å². The number of amides is 3. The lowest BCUT2D eigenvalue weighted by molar-refractivity contribution is -0.159. The van der Waals surface area contributed by atoms with Crippen molar-refractivity contribution in [2.45, 2.75) is 76.9 Å². The first-order valence-corrected chi connectivity index (χ1v) is 16.3.